The molecule has 96 valence electrons. The molecule has 19 heavy (non-hydrogen) atoms. The minimum absolute atomic E-state index is 0.0635. The summed E-state index contributed by atoms with van der Waals surface area (Å²) >= 11 is 0. The molecule has 0 aliphatic heterocycles. The average molecular weight is 253 g/mol. The van der Waals surface area contributed by atoms with Crippen LogP contribution < -0.4 is 0 Å². The van der Waals surface area contributed by atoms with Crippen molar-refractivity contribution in [3.05, 3.63) is 48.6 Å². The fourth-order valence-electron chi connectivity index (χ4n) is 2.28. The zero-order chi connectivity index (χ0) is 13.2. The zero-order valence-electron chi connectivity index (χ0n) is 10.8. The van der Waals surface area contributed by atoms with Crippen molar-refractivity contribution in [2.24, 2.45) is 0 Å². The largest absolute Gasteiger partial charge is 0.461 e. The number of Topliss-reactive ketones (excluding diaryl/α,β-unsaturated/α-hetero) is 1. The highest BCUT2D eigenvalue weighted by atomic mass is 16.3. The van der Waals surface area contributed by atoms with Crippen molar-refractivity contribution in [1.82, 2.24) is 4.98 Å². The molecule has 0 spiro atoms. The fraction of sp³-hybridized carbons (Fsp3) is 0.188. The van der Waals surface area contributed by atoms with Gasteiger partial charge < -0.3 is 9.40 Å². The summed E-state index contributed by atoms with van der Waals surface area (Å²) in [7, 11) is 0. The van der Waals surface area contributed by atoms with Gasteiger partial charge in [0.05, 0.1) is 6.26 Å². The lowest BCUT2D eigenvalue weighted by molar-refractivity contribution is 0.0955. The smallest absolute Gasteiger partial charge is 0.197 e. The molecule has 3 aromatic rings. The van der Waals surface area contributed by atoms with E-state index in [4.69, 9.17) is 4.42 Å². The van der Waals surface area contributed by atoms with Crippen molar-refractivity contribution in [2.45, 2.75) is 19.8 Å². The molecule has 3 nitrogen and oxygen atoms in total. The summed E-state index contributed by atoms with van der Waals surface area (Å²) in [4.78, 5) is 15.0. The van der Waals surface area contributed by atoms with Gasteiger partial charge in [0.2, 0.25) is 0 Å². The van der Waals surface area contributed by atoms with E-state index < -0.39 is 0 Å². The molecule has 0 unspecified atom stereocenters. The summed E-state index contributed by atoms with van der Waals surface area (Å²) in [5.41, 5.74) is 3.09. The summed E-state index contributed by atoms with van der Waals surface area (Å²) in [6.45, 7) is 1.99. The van der Waals surface area contributed by atoms with Crippen LogP contribution in [0.3, 0.4) is 0 Å². The molecule has 0 fully saturated rings. The van der Waals surface area contributed by atoms with Gasteiger partial charge in [0, 0.05) is 34.6 Å². The van der Waals surface area contributed by atoms with Crippen LogP contribution in [0.1, 0.15) is 30.3 Å². The molecule has 2 heterocycles. The zero-order valence-corrected chi connectivity index (χ0v) is 10.8. The van der Waals surface area contributed by atoms with Gasteiger partial charge in [-0.3, -0.25) is 4.79 Å². The number of benzene rings is 1. The molecule has 0 aliphatic carbocycles. The Labute approximate surface area is 111 Å². The topological polar surface area (TPSA) is 46.0 Å². The Hall–Kier alpha value is -2.29. The quantitative estimate of drug-likeness (QED) is 0.700. The number of H-pyrrole nitrogens is 1. The third-order valence-corrected chi connectivity index (χ3v) is 3.25. The van der Waals surface area contributed by atoms with Crippen LogP contribution in [-0.2, 0) is 0 Å². The Morgan fingerprint density at radius 1 is 1.32 bits per heavy atom. The Kier molecular flexibility index (Phi) is 2.95. The van der Waals surface area contributed by atoms with E-state index in [0.717, 1.165) is 28.5 Å². The van der Waals surface area contributed by atoms with E-state index in [0.29, 0.717) is 12.2 Å². The van der Waals surface area contributed by atoms with E-state index in [9.17, 15) is 4.79 Å². The molecular weight excluding hydrogens is 238 g/mol. The van der Waals surface area contributed by atoms with E-state index in [1.165, 1.54) is 0 Å². The van der Waals surface area contributed by atoms with Gasteiger partial charge in [-0.25, -0.2) is 0 Å². The predicted molar refractivity (Wildman–Crippen MR) is 75.2 cm³/mol. The third-order valence-electron chi connectivity index (χ3n) is 3.25. The number of furan rings is 1. The van der Waals surface area contributed by atoms with Crippen molar-refractivity contribution in [3.63, 3.8) is 0 Å². The number of fused-ring (bicyclic) bond motifs is 1. The Balaban J connectivity index is 2.01. The van der Waals surface area contributed by atoms with E-state index in [1.54, 1.807) is 6.26 Å². The number of nitrogens with one attached hydrogen (secondary N) is 1. The fourth-order valence-corrected chi connectivity index (χ4v) is 2.28. The van der Waals surface area contributed by atoms with Crippen molar-refractivity contribution >= 4 is 16.7 Å². The molecule has 0 amide bonds. The minimum atomic E-state index is 0.0635. The van der Waals surface area contributed by atoms with Gasteiger partial charge >= 0.3 is 0 Å². The summed E-state index contributed by atoms with van der Waals surface area (Å²) in [5.74, 6) is 0.510. The van der Waals surface area contributed by atoms with Gasteiger partial charge in [0.25, 0.3) is 0 Å². The van der Waals surface area contributed by atoms with Gasteiger partial charge in [0.15, 0.2) is 11.5 Å². The van der Waals surface area contributed by atoms with E-state index in [-0.39, 0.29) is 5.78 Å². The monoisotopic (exact) mass is 253 g/mol. The van der Waals surface area contributed by atoms with Gasteiger partial charge in [-0.05, 0) is 18.6 Å². The van der Waals surface area contributed by atoms with E-state index >= 15 is 0 Å². The van der Waals surface area contributed by atoms with Crippen molar-refractivity contribution in [2.75, 3.05) is 0 Å². The lowest BCUT2D eigenvalue weighted by Crippen LogP contribution is -1.94. The molecule has 3 rings (SSSR count). The lowest BCUT2D eigenvalue weighted by Gasteiger charge is -1.93. The van der Waals surface area contributed by atoms with Crippen LogP contribution in [0.15, 0.2) is 47.2 Å². The maximum atomic E-state index is 11.8. The van der Waals surface area contributed by atoms with Crippen LogP contribution in [0.5, 0.6) is 0 Å². The first-order chi connectivity index (χ1) is 9.29. The van der Waals surface area contributed by atoms with Crippen LogP contribution in [0.4, 0.5) is 0 Å². The second kappa shape index (κ2) is 4.76. The van der Waals surface area contributed by atoms with Crippen molar-refractivity contribution in [1.29, 1.82) is 0 Å². The number of aromatic amines is 1. The number of para-hydroxylation sites is 1. The van der Waals surface area contributed by atoms with Gasteiger partial charge in [-0.15, -0.1) is 0 Å². The molecule has 2 aromatic heterocycles. The normalized spacial score (nSPS) is 11.0. The van der Waals surface area contributed by atoms with Crippen LogP contribution in [-0.4, -0.2) is 10.8 Å². The van der Waals surface area contributed by atoms with Crippen LogP contribution in [0, 0.1) is 0 Å². The van der Waals surface area contributed by atoms with Crippen LogP contribution in [0.25, 0.3) is 22.0 Å². The molecular formula is C16H15NO2. The number of hydrogen-bond donors (Lipinski definition) is 1. The highest BCUT2D eigenvalue weighted by Gasteiger charge is 2.13. The number of aromatic nitrogens is 1. The van der Waals surface area contributed by atoms with Crippen molar-refractivity contribution in [3.8, 4) is 11.1 Å². The SMILES string of the molecule is CCCC(=O)c1cc(-c2c[nH]c3ccccc23)co1. The molecule has 1 N–H and O–H groups in total. The van der Waals surface area contributed by atoms with Gasteiger partial charge in [-0.1, -0.05) is 25.1 Å². The molecule has 0 bridgehead atoms. The van der Waals surface area contributed by atoms with Gasteiger partial charge in [-0.2, -0.15) is 0 Å². The molecule has 3 heteroatoms. The molecule has 0 aliphatic rings. The predicted octanol–water partition coefficient (Wildman–Crippen LogP) is 4.41. The van der Waals surface area contributed by atoms with Crippen LogP contribution >= 0.6 is 0 Å². The molecule has 1 aromatic carbocycles. The highest BCUT2D eigenvalue weighted by Crippen LogP contribution is 2.30. The van der Waals surface area contributed by atoms with E-state index in [1.807, 2.05) is 37.4 Å². The van der Waals surface area contributed by atoms with E-state index in [2.05, 4.69) is 11.1 Å². The summed E-state index contributed by atoms with van der Waals surface area (Å²) in [5, 5.41) is 1.14. The first-order valence-corrected chi connectivity index (χ1v) is 6.48. The molecule has 0 radical (unpaired) electrons. The van der Waals surface area contributed by atoms with Gasteiger partial charge in [0.1, 0.15) is 0 Å². The first kappa shape index (κ1) is 11.8. The summed E-state index contributed by atoms with van der Waals surface area (Å²) < 4.78 is 5.39. The molecule has 0 saturated heterocycles. The number of carbonyl (C=O) groups excluding carboxylic acids is 1. The number of hydrogen-bond acceptors (Lipinski definition) is 2. The Bertz CT molecular complexity index is 721. The van der Waals surface area contributed by atoms with Crippen LogP contribution in [0.2, 0.25) is 0 Å². The second-order valence-electron chi connectivity index (χ2n) is 4.62. The second-order valence-corrected chi connectivity index (χ2v) is 4.62. The summed E-state index contributed by atoms with van der Waals surface area (Å²) in [6, 6.07) is 9.91. The number of rotatable bonds is 4. The number of ketones is 1. The Morgan fingerprint density at radius 3 is 3.00 bits per heavy atom. The maximum Gasteiger partial charge on any atom is 0.197 e. The molecule has 0 saturated carbocycles. The molecule has 0 atom stereocenters. The highest BCUT2D eigenvalue weighted by molar-refractivity contribution is 5.98. The summed E-state index contributed by atoms with van der Waals surface area (Å²) in [6.07, 6.45) is 4.96. The number of carbonyl (C=O) groups is 1. The van der Waals surface area contributed by atoms with Crippen molar-refractivity contribution < 1.29 is 9.21 Å². The first-order valence-electron chi connectivity index (χ1n) is 6.48. The minimum Gasteiger partial charge on any atom is -0.461 e. The maximum absolute atomic E-state index is 11.8. The third kappa shape index (κ3) is 2.08. The Morgan fingerprint density at radius 2 is 2.16 bits per heavy atom. The lowest BCUT2D eigenvalue weighted by atomic mass is 10.1. The average Bonchev–Trinajstić information content (AvgIpc) is 3.05. The standard InChI is InChI=1S/C16H15NO2/c1-2-5-15(18)16-8-11(10-19-16)13-9-17-14-7-4-3-6-12(13)14/h3-4,6-10,17H,2,5H2,1H3.